The molecule has 0 aromatic carbocycles. The molecule has 0 aliphatic heterocycles. The van der Waals surface area contributed by atoms with Crippen LogP contribution in [0.3, 0.4) is 0 Å². The summed E-state index contributed by atoms with van der Waals surface area (Å²) < 4.78 is 21.7. The van der Waals surface area contributed by atoms with Crippen molar-refractivity contribution in [1.29, 1.82) is 0 Å². The van der Waals surface area contributed by atoms with Gasteiger partial charge in [-0.15, -0.1) is 0 Å². The van der Waals surface area contributed by atoms with E-state index in [4.69, 9.17) is 9.05 Å². The Labute approximate surface area is 84.8 Å². The van der Waals surface area contributed by atoms with E-state index in [-0.39, 0.29) is 13.2 Å². The molecule has 0 atom stereocenters. The van der Waals surface area contributed by atoms with E-state index in [1.165, 1.54) is 0 Å². The van der Waals surface area contributed by atoms with Crippen LogP contribution < -0.4 is 0 Å². The Morgan fingerprint density at radius 1 is 1.29 bits per heavy atom. The second-order valence-corrected chi connectivity index (χ2v) is 4.53. The van der Waals surface area contributed by atoms with Gasteiger partial charge in [0.05, 0.1) is 13.2 Å². The van der Waals surface area contributed by atoms with Crippen LogP contribution >= 0.6 is 7.60 Å². The molecule has 0 fully saturated rings. The molecule has 82 valence electrons. The van der Waals surface area contributed by atoms with Crippen LogP contribution in [0.15, 0.2) is 11.6 Å². The second kappa shape index (κ2) is 6.12. The molecule has 4 nitrogen and oxygen atoms in total. The fourth-order valence-electron chi connectivity index (χ4n) is 0.834. The van der Waals surface area contributed by atoms with Crippen molar-refractivity contribution in [2.24, 2.45) is 0 Å². The Hall–Kier alpha value is -0.440. The van der Waals surface area contributed by atoms with Gasteiger partial charge in [-0.05, 0) is 27.7 Å². The normalized spacial score (nSPS) is 13.0. The summed E-state index contributed by atoms with van der Waals surface area (Å²) in [5.41, 5.74) is -0.154. The van der Waals surface area contributed by atoms with Gasteiger partial charge in [-0.3, -0.25) is 9.36 Å². The summed E-state index contributed by atoms with van der Waals surface area (Å²) in [4.78, 5) is 11.6. The van der Waals surface area contributed by atoms with Crippen molar-refractivity contribution in [3.63, 3.8) is 0 Å². The fraction of sp³-hybridized carbons (Fsp3) is 0.667. The van der Waals surface area contributed by atoms with Crippen molar-refractivity contribution < 1.29 is 18.4 Å². The highest BCUT2D eigenvalue weighted by Crippen LogP contribution is 2.50. The molecule has 0 rings (SSSR count). The zero-order chi connectivity index (χ0) is 11.2. The van der Waals surface area contributed by atoms with Gasteiger partial charge in [-0.25, -0.2) is 0 Å². The molecule has 0 N–H and O–H groups in total. The van der Waals surface area contributed by atoms with Gasteiger partial charge in [0, 0.05) is 5.57 Å². The first kappa shape index (κ1) is 13.6. The van der Waals surface area contributed by atoms with Gasteiger partial charge in [0.2, 0.25) is 0 Å². The molecule has 0 saturated carbocycles. The number of allylic oxidation sites excluding steroid dienone is 2. The monoisotopic (exact) mass is 220 g/mol. The van der Waals surface area contributed by atoms with Gasteiger partial charge in [-0.1, -0.05) is 6.08 Å². The first-order valence-electron chi connectivity index (χ1n) is 4.58. The predicted molar refractivity (Wildman–Crippen MR) is 55.3 cm³/mol. The Balaban J connectivity index is 4.82. The molecule has 0 amide bonds. The highest BCUT2D eigenvalue weighted by molar-refractivity contribution is 7.72. The molecule has 0 saturated heterocycles. The zero-order valence-corrected chi connectivity index (χ0v) is 9.97. The van der Waals surface area contributed by atoms with Crippen molar-refractivity contribution in [2.75, 3.05) is 13.2 Å². The van der Waals surface area contributed by atoms with Gasteiger partial charge in [0.25, 0.3) is 5.52 Å². The third-order valence-electron chi connectivity index (χ3n) is 1.62. The Bertz CT molecular complexity index is 260. The molecule has 0 aromatic heterocycles. The number of carbonyl (C=O) groups is 1. The summed E-state index contributed by atoms with van der Waals surface area (Å²) in [6.45, 7) is 7.02. The van der Waals surface area contributed by atoms with E-state index in [0.29, 0.717) is 5.57 Å². The van der Waals surface area contributed by atoms with E-state index < -0.39 is 13.1 Å². The summed E-state index contributed by atoms with van der Waals surface area (Å²) in [5.74, 6) is 0. The lowest BCUT2D eigenvalue weighted by Crippen LogP contribution is -2.07. The summed E-state index contributed by atoms with van der Waals surface area (Å²) >= 11 is 0. The number of hydrogen-bond donors (Lipinski definition) is 0. The highest BCUT2D eigenvalue weighted by atomic mass is 31.2. The first-order chi connectivity index (χ1) is 6.51. The molecule has 0 radical (unpaired) electrons. The second-order valence-electron chi connectivity index (χ2n) is 2.61. The van der Waals surface area contributed by atoms with Crippen LogP contribution in [0.5, 0.6) is 0 Å². The van der Waals surface area contributed by atoms with Crippen LogP contribution in [0.25, 0.3) is 0 Å². The van der Waals surface area contributed by atoms with Gasteiger partial charge in [-0.2, -0.15) is 0 Å². The molecule has 0 aliphatic rings. The Kier molecular flexibility index (Phi) is 5.93. The quantitative estimate of drug-likeness (QED) is 0.510. The molecule has 0 aromatic rings. The number of rotatable bonds is 6. The molecular weight excluding hydrogens is 203 g/mol. The predicted octanol–water partition coefficient (Wildman–Crippen LogP) is 2.75. The molecule has 0 heterocycles. The first-order valence-corrected chi connectivity index (χ1v) is 6.13. The SMILES string of the molecule is C/C=C(\C)C(=O)P(=O)(OCC)OCC. The standard InChI is InChI=1S/C9H17O4P/c1-5-8(4)9(10)14(11,12-6-2)13-7-3/h5H,6-7H2,1-4H3/b8-5+. The fourth-order valence-corrected chi connectivity index (χ4v) is 2.38. The maximum Gasteiger partial charge on any atom is 0.401 e. The van der Waals surface area contributed by atoms with Crippen molar-refractivity contribution in [3.8, 4) is 0 Å². The van der Waals surface area contributed by atoms with E-state index in [0.717, 1.165) is 0 Å². The summed E-state index contributed by atoms with van der Waals surface area (Å²) in [6, 6.07) is 0. The third-order valence-corrected chi connectivity index (χ3v) is 3.66. The lowest BCUT2D eigenvalue weighted by atomic mass is 10.3. The minimum atomic E-state index is -3.59. The summed E-state index contributed by atoms with van der Waals surface area (Å²) in [6.07, 6.45) is 1.59. The summed E-state index contributed by atoms with van der Waals surface area (Å²) in [5, 5.41) is 0. The third kappa shape index (κ3) is 3.37. The van der Waals surface area contributed by atoms with Crippen LogP contribution in [0.4, 0.5) is 0 Å². The lowest BCUT2D eigenvalue weighted by molar-refractivity contribution is -0.110. The van der Waals surface area contributed by atoms with Gasteiger partial charge >= 0.3 is 7.60 Å². The Morgan fingerprint density at radius 2 is 1.71 bits per heavy atom. The molecule has 0 spiro atoms. The zero-order valence-electron chi connectivity index (χ0n) is 9.07. The van der Waals surface area contributed by atoms with Crippen LogP contribution in [-0.2, 0) is 18.4 Å². The van der Waals surface area contributed by atoms with Gasteiger partial charge < -0.3 is 9.05 Å². The number of carbonyl (C=O) groups excluding carboxylic acids is 1. The topological polar surface area (TPSA) is 52.6 Å². The minimum Gasteiger partial charge on any atom is -0.303 e. The lowest BCUT2D eigenvalue weighted by Gasteiger charge is -2.15. The largest absolute Gasteiger partial charge is 0.401 e. The molecule has 14 heavy (non-hydrogen) atoms. The van der Waals surface area contributed by atoms with E-state index in [9.17, 15) is 9.36 Å². The maximum absolute atomic E-state index is 11.9. The van der Waals surface area contributed by atoms with Crippen molar-refractivity contribution in [2.45, 2.75) is 27.7 Å². The Morgan fingerprint density at radius 3 is 2.00 bits per heavy atom. The van der Waals surface area contributed by atoms with Crippen molar-refractivity contribution in [1.82, 2.24) is 0 Å². The van der Waals surface area contributed by atoms with Crippen LogP contribution in [0.1, 0.15) is 27.7 Å². The molecular formula is C9H17O4P. The van der Waals surface area contributed by atoms with E-state index in [1.807, 2.05) is 0 Å². The van der Waals surface area contributed by atoms with Crippen LogP contribution in [0.2, 0.25) is 0 Å². The van der Waals surface area contributed by atoms with Crippen molar-refractivity contribution in [3.05, 3.63) is 11.6 Å². The minimum absolute atomic E-state index is 0.194. The van der Waals surface area contributed by atoms with E-state index in [2.05, 4.69) is 0 Å². The molecule has 0 aliphatic carbocycles. The van der Waals surface area contributed by atoms with Crippen LogP contribution in [-0.4, -0.2) is 18.7 Å². The maximum atomic E-state index is 11.9. The smallest absolute Gasteiger partial charge is 0.303 e. The molecule has 0 unspecified atom stereocenters. The average Bonchev–Trinajstić information content (AvgIpc) is 2.16. The van der Waals surface area contributed by atoms with Crippen molar-refractivity contribution >= 4 is 13.1 Å². The highest BCUT2D eigenvalue weighted by Gasteiger charge is 2.34. The summed E-state index contributed by atoms with van der Waals surface area (Å²) in [7, 11) is -3.59. The van der Waals surface area contributed by atoms with Gasteiger partial charge in [0.1, 0.15) is 0 Å². The molecule has 5 heteroatoms. The number of hydrogen-bond acceptors (Lipinski definition) is 4. The molecule has 0 bridgehead atoms. The average molecular weight is 220 g/mol. The van der Waals surface area contributed by atoms with Crippen LogP contribution in [0, 0.1) is 0 Å². The van der Waals surface area contributed by atoms with Gasteiger partial charge in [0.15, 0.2) is 0 Å². The van der Waals surface area contributed by atoms with E-state index in [1.54, 1.807) is 33.8 Å². The van der Waals surface area contributed by atoms with E-state index >= 15 is 0 Å².